The van der Waals surface area contributed by atoms with Crippen molar-refractivity contribution in [3.05, 3.63) is 18.5 Å². The minimum atomic E-state index is 0.0725. The van der Waals surface area contributed by atoms with Crippen molar-refractivity contribution in [1.82, 2.24) is 15.0 Å². The normalized spacial score (nSPS) is 29.4. The van der Waals surface area contributed by atoms with E-state index in [0.717, 1.165) is 86.9 Å². The number of rotatable bonds is 7. The molecule has 5 aliphatic rings. The SMILES string of the molecule is C[C@@H]1OCC2(CCN(c3cnc(Sc4ccnc5c4OC[C@@H]4C[C@H](COCC6CC6)CN54)c(N)n3)CC2)[C@@H]1N. The van der Waals surface area contributed by atoms with Crippen molar-refractivity contribution in [3.8, 4) is 5.75 Å². The summed E-state index contributed by atoms with van der Waals surface area (Å²) in [5.74, 6) is 4.28. The van der Waals surface area contributed by atoms with Gasteiger partial charge in [0.15, 0.2) is 17.4 Å². The van der Waals surface area contributed by atoms with Crippen LogP contribution in [0.25, 0.3) is 0 Å². The zero-order valence-corrected chi connectivity index (χ0v) is 23.4. The third kappa shape index (κ3) is 4.92. The first kappa shape index (κ1) is 25.6. The molecule has 2 aromatic heterocycles. The van der Waals surface area contributed by atoms with Crippen LogP contribution in [0.2, 0.25) is 0 Å². The molecule has 4 fully saturated rings. The highest BCUT2D eigenvalue weighted by Crippen LogP contribution is 2.46. The van der Waals surface area contributed by atoms with Gasteiger partial charge in [-0.3, -0.25) is 0 Å². The Morgan fingerprint density at radius 2 is 2.00 bits per heavy atom. The predicted octanol–water partition coefficient (Wildman–Crippen LogP) is 2.95. The molecule has 7 rings (SSSR count). The minimum absolute atomic E-state index is 0.0725. The molecule has 4 atom stereocenters. The second kappa shape index (κ2) is 10.2. The lowest BCUT2D eigenvalue weighted by molar-refractivity contribution is 0.0956. The Morgan fingerprint density at radius 1 is 1.18 bits per heavy atom. The first-order valence-corrected chi connectivity index (χ1v) is 15.2. The van der Waals surface area contributed by atoms with Crippen molar-refractivity contribution < 1.29 is 14.2 Å². The van der Waals surface area contributed by atoms with Gasteiger partial charge >= 0.3 is 0 Å². The lowest BCUT2D eigenvalue weighted by atomic mass is 9.73. The van der Waals surface area contributed by atoms with Crippen molar-refractivity contribution in [1.29, 1.82) is 0 Å². The van der Waals surface area contributed by atoms with Gasteiger partial charge in [-0.15, -0.1) is 0 Å². The molecule has 10 nitrogen and oxygen atoms in total. The van der Waals surface area contributed by atoms with Gasteiger partial charge in [-0.2, -0.15) is 0 Å². The fraction of sp³-hybridized carbons (Fsp3) is 0.679. The third-order valence-corrected chi connectivity index (χ3v) is 10.4. The standard InChI is InChI=1S/C28H39N7O3S/c1-17-24(29)28(16-38-17)5-8-34(9-6-28)22-11-32-27(25(30)33-22)39-21-4-7-31-26-23(21)37-15-20-10-19(12-35(20)26)14-36-13-18-2-3-18/h4,7,11,17-20,24H,2-3,5-6,8-10,12-16,29H2,1H3,(H2,30,33)/t17-,19-,20-,24+/m0/s1. The van der Waals surface area contributed by atoms with E-state index in [4.69, 9.17) is 40.6 Å². The molecule has 39 heavy (non-hydrogen) atoms. The van der Waals surface area contributed by atoms with Crippen LogP contribution in [0.15, 0.2) is 28.4 Å². The van der Waals surface area contributed by atoms with Crippen LogP contribution in [-0.4, -0.2) is 79.2 Å². The summed E-state index contributed by atoms with van der Waals surface area (Å²) in [6.07, 6.45) is 9.52. The van der Waals surface area contributed by atoms with E-state index >= 15 is 0 Å². The van der Waals surface area contributed by atoms with Gasteiger partial charge in [-0.25, -0.2) is 15.0 Å². The first-order valence-electron chi connectivity index (χ1n) is 14.4. The van der Waals surface area contributed by atoms with Crippen LogP contribution < -0.4 is 26.0 Å². The van der Waals surface area contributed by atoms with Crippen LogP contribution in [0.5, 0.6) is 5.75 Å². The van der Waals surface area contributed by atoms with Crippen LogP contribution in [-0.2, 0) is 9.47 Å². The van der Waals surface area contributed by atoms with Gasteiger partial charge in [0.2, 0.25) is 0 Å². The summed E-state index contributed by atoms with van der Waals surface area (Å²) >= 11 is 1.49. The maximum absolute atomic E-state index is 6.49. The molecule has 2 aromatic rings. The lowest BCUT2D eigenvalue weighted by Gasteiger charge is -2.41. The Labute approximate surface area is 234 Å². The van der Waals surface area contributed by atoms with E-state index < -0.39 is 0 Å². The number of nitrogens with zero attached hydrogens (tertiary/aromatic N) is 5. The molecular formula is C28H39N7O3S. The van der Waals surface area contributed by atoms with Crippen LogP contribution in [0.3, 0.4) is 0 Å². The summed E-state index contributed by atoms with van der Waals surface area (Å²) in [7, 11) is 0. The van der Waals surface area contributed by atoms with Gasteiger partial charge in [0.05, 0.1) is 36.5 Å². The number of nitrogens with two attached hydrogens (primary N) is 2. The highest BCUT2D eigenvalue weighted by Gasteiger charge is 2.47. The molecule has 1 spiro atoms. The molecule has 0 radical (unpaired) electrons. The second-order valence-electron chi connectivity index (χ2n) is 12.1. The van der Waals surface area contributed by atoms with Gasteiger partial charge in [0.25, 0.3) is 0 Å². The molecule has 0 amide bonds. The van der Waals surface area contributed by atoms with Crippen LogP contribution >= 0.6 is 11.8 Å². The Morgan fingerprint density at radius 3 is 2.74 bits per heavy atom. The Hall–Kier alpha value is -2.34. The zero-order valence-electron chi connectivity index (χ0n) is 22.6. The van der Waals surface area contributed by atoms with Crippen LogP contribution in [0.4, 0.5) is 17.5 Å². The molecule has 0 aromatic carbocycles. The van der Waals surface area contributed by atoms with E-state index in [1.54, 1.807) is 0 Å². The van der Waals surface area contributed by atoms with Crippen molar-refractivity contribution in [2.24, 2.45) is 23.0 Å². The number of aromatic nitrogens is 3. The van der Waals surface area contributed by atoms with Crippen molar-refractivity contribution in [2.45, 2.75) is 67.1 Å². The molecule has 3 saturated heterocycles. The van der Waals surface area contributed by atoms with E-state index in [9.17, 15) is 0 Å². The third-order valence-electron chi connectivity index (χ3n) is 9.33. The smallest absolute Gasteiger partial charge is 0.175 e. The number of anilines is 3. The highest BCUT2D eigenvalue weighted by molar-refractivity contribution is 7.99. The maximum atomic E-state index is 6.49. The lowest BCUT2D eigenvalue weighted by Crippen LogP contribution is -2.50. The van der Waals surface area contributed by atoms with Gasteiger partial charge in [-0.1, -0.05) is 11.8 Å². The van der Waals surface area contributed by atoms with Crippen molar-refractivity contribution in [2.75, 3.05) is 61.6 Å². The van der Waals surface area contributed by atoms with E-state index in [-0.39, 0.29) is 17.6 Å². The second-order valence-corrected chi connectivity index (χ2v) is 13.1. The average Bonchev–Trinajstić information content (AvgIpc) is 3.62. The summed E-state index contributed by atoms with van der Waals surface area (Å²) < 4.78 is 18.1. The molecule has 4 aliphatic heterocycles. The Balaban J connectivity index is 1.01. The summed E-state index contributed by atoms with van der Waals surface area (Å²) in [4.78, 5) is 19.8. The number of hydrogen-bond acceptors (Lipinski definition) is 11. The molecule has 6 heterocycles. The van der Waals surface area contributed by atoms with Crippen LogP contribution in [0.1, 0.15) is 39.0 Å². The highest BCUT2D eigenvalue weighted by atomic mass is 32.2. The topological polar surface area (TPSA) is 125 Å². The molecule has 210 valence electrons. The predicted molar refractivity (Wildman–Crippen MR) is 150 cm³/mol. The monoisotopic (exact) mass is 553 g/mol. The quantitative estimate of drug-likeness (QED) is 0.526. The largest absolute Gasteiger partial charge is 0.486 e. The van der Waals surface area contributed by atoms with Crippen LogP contribution in [0, 0.1) is 17.3 Å². The maximum Gasteiger partial charge on any atom is 0.175 e. The average molecular weight is 554 g/mol. The number of nitrogen functional groups attached to an aromatic ring is 1. The molecule has 11 heteroatoms. The molecule has 1 aliphatic carbocycles. The Bertz CT molecular complexity index is 1210. The molecule has 0 bridgehead atoms. The summed E-state index contributed by atoms with van der Waals surface area (Å²) in [6.45, 7) is 7.92. The van der Waals surface area contributed by atoms with E-state index in [2.05, 4.69) is 16.7 Å². The van der Waals surface area contributed by atoms with Gasteiger partial charge in [0.1, 0.15) is 17.5 Å². The molecular weight excluding hydrogens is 514 g/mol. The van der Waals surface area contributed by atoms with Crippen molar-refractivity contribution >= 4 is 29.2 Å². The summed E-state index contributed by atoms with van der Waals surface area (Å²) in [5.41, 5.74) is 13.0. The fourth-order valence-electron chi connectivity index (χ4n) is 6.63. The Kier molecular flexibility index (Phi) is 6.73. The molecule has 1 saturated carbocycles. The summed E-state index contributed by atoms with van der Waals surface area (Å²) in [6, 6.07) is 2.41. The van der Waals surface area contributed by atoms with Gasteiger partial charge in [0, 0.05) is 49.8 Å². The van der Waals surface area contributed by atoms with Crippen molar-refractivity contribution in [3.63, 3.8) is 0 Å². The first-order chi connectivity index (χ1) is 19.0. The van der Waals surface area contributed by atoms with E-state index in [1.165, 1.54) is 24.6 Å². The fourth-order valence-corrected chi connectivity index (χ4v) is 7.47. The molecule has 0 unspecified atom stereocenters. The number of pyridine rings is 1. The van der Waals surface area contributed by atoms with Gasteiger partial charge in [-0.05, 0) is 51.0 Å². The number of hydrogen-bond donors (Lipinski definition) is 2. The minimum Gasteiger partial charge on any atom is -0.486 e. The zero-order chi connectivity index (χ0) is 26.6. The number of piperidine rings is 1. The number of fused-ring (bicyclic) bond motifs is 3. The summed E-state index contributed by atoms with van der Waals surface area (Å²) in [5, 5.41) is 0.680. The van der Waals surface area contributed by atoms with E-state index in [1.807, 2.05) is 18.5 Å². The van der Waals surface area contributed by atoms with Gasteiger partial charge < -0.3 is 35.5 Å². The number of ether oxygens (including phenoxy) is 3. The van der Waals surface area contributed by atoms with E-state index in [0.29, 0.717) is 29.4 Å². The molecule has 4 N–H and O–H groups in total.